The van der Waals surface area contributed by atoms with Crippen LogP contribution in [0, 0.1) is 6.92 Å². The van der Waals surface area contributed by atoms with Crippen LogP contribution in [0.2, 0.25) is 0 Å². The number of ether oxygens (including phenoxy) is 1. The third-order valence-corrected chi connectivity index (χ3v) is 4.23. The lowest BCUT2D eigenvalue weighted by atomic mass is 10.1. The number of rotatable bonds is 5. The number of aromatic nitrogens is 2. The molecule has 6 heteroatoms. The summed E-state index contributed by atoms with van der Waals surface area (Å²) in [5, 5.41) is 12.2. The van der Waals surface area contributed by atoms with Crippen LogP contribution in [0.4, 0.5) is 5.13 Å². The van der Waals surface area contributed by atoms with E-state index in [0.29, 0.717) is 17.3 Å². The molecule has 0 aliphatic rings. The molecule has 0 bridgehead atoms. The number of carbonyl (C=O) groups is 1. The number of nitrogens with zero attached hydrogens (tertiary/aromatic N) is 2. The average molecular weight is 339 g/mol. The van der Waals surface area contributed by atoms with Gasteiger partial charge in [0.05, 0.1) is 6.61 Å². The average Bonchev–Trinajstić information content (AvgIpc) is 3.04. The number of nitrogens with one attached hydrogen (secondary N) is 1. The minimum Gasteiger partial charge on any atom is -0.494 e. The van der Waals surface area contributed by atoms with E-state index in [2.05, 4.69) is 15.5 Å². The first kappa shape index (κ1) is 16.1. The van der Waals surface area contributed by atoms with Crippen molar-refractivity contribution in [1.29, 1.82) is 0 Å². The van der Waals surface area contributed by atoms with Crippen LogP contribution < -0.4 is 10.1 Å². The van der Waals surface area contributed by atoms with Crippen LogP contribution in [0.25, 0.3) is 10.6 Å². The molecule has 1 aromatic heterocycles. The molecule has 0 fully saturated rings. The molecule has 0 unspecified atom stereocenters. The zero-order chi connectivity index (χ0) is 16.9. The van der Waals surface area contributed by atoms with Crippen LogP contribution in [0.15, 0.2) is 48.5 Å². The van der Waals surface area contributed by atoms with Gasteiger partial charge in [0.1, 0.15) is 10.8 Å². The van der Waals surface area contributed by atoms with Crippen LogP contribution in [0.3, 0.4) is 0 Å². The molecule has 3 rings (SSSR count). The van der Waals surface area contributed by atoms with Gasteiger partial charge in [-0.1, -0.05) is 35.1 Å². The molecule has 0 radical (unpaired) electrons. The molecule has 1 amide bonds. The third kappa shape index (κ3) is 3.78. The van der Waals surface area contributed by atoms with Crippen LogP contribution in [0.1, 0.15) is 22.8 Å². The molecule has 0 saturated carbocycles. The van der Waals surface area contributed by atoms with Gasteiger partial charge in [-0.15, -0.1) is 10.2 Å². The Morgan fingerprint density at radius 1 is 1.17 bits per heavy atom. The van der Waals surface area contributed by atoms with Gasteiger partial charge in [-0.25, -0.2) is 0 Å². The van der Waals surface area contributed by atoms with Gasteiger partial charge >= 0.3 is 0 Å². The normalized spacial score (nSPS) is 10.4. The summed E-state index contributed by atoms with van der Waals surface area (Å²) in [5.74, 6) is 0.525. The molecule has 0 aliphatic heterocycles. The molecule has 24 heavy (non-hydrogen) atoms. The van der Waals surface area contributed by atoms with E-state index in [1.807, 2.05) is 38.1 Å². The maximum Gasteiger partial charge on any atom is 0.257 e. The van der Waals surface area contributed by atoms with Crippen molar-refractivity contribution in [1.82, 2.24) is 10.2 Å². The lowest BCUT2D eigenvalue weighted by molar-refractivity contribution is 0.102. The van der Waals surface area contributed by atoms with Crippen molar-refractivity contribution in [3.05, 3.63) is 59.7 Å². The Morgan fingerprint density at radius 3 is 2.67 bits per heavy atom. The Morgan fingerprint density at radius 2 is 1.96 bits per heavy atom. The van der Waals surface area contributed by atoms with Gasteiger partial charge in [-0.05, 0) is 44.2 Å². The fraction of sp³-hybridized carbons (Fsp3) is 0.167. The summed E-state index contributed by atoms with van der Waals surface area (Å²) in [4.78, 5) is 12.3. The lowest BCUT2D eigenvalue weighted by Gasteiger charge is -2.04. The molecule has 3 aromatic rings. The molecule has 2 aromatic carbocycles. The Bertz CT molecular complexity index is 843. The van der Waals surface area contributed by atoms with Crippen LogP contribution in [-0.4, -0.2) is 22.7 Å². The Balaban J connectivity index is 1.71. The Hall–Kier alpha value is -2.73. The fourth-order valence-corrected chi connectivity index (χ4v) is 2.94. The molecule has 0 atom stereocenters. The predicted molar refractivity (Wildman–Crippen MR) is 95.6 cm³/mol. The number of hydrogen-bond donors (Lipinski definition) is 1. The highest BCUT2D eigenvalue weighted by Gasteiger charge is 2.11. The quantitative estimate of drug-likeness (QED) is 0.758. The molecule has 122 valence electrons. The van der Waals surface area contributed by atoms with E-state index in [1.165, 1.54) is 11.3 Å². The van der Waals surface area contributed by atoms with Crippen molar-refractivity contribution in [2.24, 2.45) is 0 Å². The van der Waals surface area contributed by atoms with Crippen molar-refractivity contribution in [3.8, 4) is 16.3 Å². The largest absolute Gasteiger partial charge is 0.494 e. The Kier molecular flexibility index (Phi) is 4.86. The first-order valence-electron chi connectivity index (χ1n) is 7.60. The van der Waals surface area contributed by atoms with Crippen molar-refractivity contribution in [2.75, 3.05) is 11.9 Å². The van der Waals surface area contributed by atoms with E-state index < -0.39 is 0 Å². The summed E-state index contributed by atoms with van der Waals surface area (Å²) in [5.41, 5.74) is 2.70. The molecular formula is C18H17N3O2S. The zero-order valence-electron chi connectivity index (χ0n) is 13.4. The molecule has 0 saturated heterocycles. The number of anilines is 1. The number of carbonyl (C=O) groups excluding carboxylic acids is 1. The molecule has 0 spiro atoms. The van der Waals surface area contributed by atoms with Gasteiger partial charge in [0.25, 0.3) is 5.91 Å². The summed E-state index contributed by atoms with van der Waals surface area (Å²) >= 11 is 1.35. The van der Waals surface area contributed by atoms with Crippen LogP contribution in [0.5, 0.6) is 5.75 Å². The standard InChI is InChI=1S/C18H17N3O2S/c1-3-23-15-9-7-13(8-10-15)16(22)19-18-21-20-17(24-18)14-6-4-5-12(2)11-14/h4-11H,3H2,1-2H3,(H,19,21,22). The van der Waals surface area contributed by atoms with Gasteiger partial charge < -0.3 is 4.74 Å². The second-order valence-corrected chi connectivity index (χ2v) is 6.17. The van der Waals surface area contributed by atoms with Gasteiger partial charge in [0.15, 0.2) is 0 Å². The van der Waals surface area contributed by atoms with E-state index in [9.17, 15) is 4.79 Å². The molecule has 5 nitrogen and oxygen atoms in total. The number of amides is 1. The lowest BCUT2D eigenvalue weighted by Crippen LogP contribution is -2.11. The van der Waals surface area contributed by atoms with Gasteiger partial charge in [0.2, 0.25) is 5.13 Å². The van der Waals surface area contributed by atoms with E-state index in [-0.39, 0.29) is 5.91 Å². The van der Waals surface area contributed by atoms with Gasteiger partial charge in [0, 0.05) is 11.1 Å². The molecule has 1 heterocycles. The van der Waals surface area contributed by atoms with E-state index in [0.717, 1.165) is 21.9 Å². The van der Waals surface area contributed by atoms with E-state index in [4.69, 9.17) is 4.74 Å². The first-order valence-corrected chi connectivity index (χ1v) is 8.42. The number of hydrogen-bond acceptors (Lipinski definition) is 5. The number of aryl methyl sites for hydroxylation is 1. The van der Waals surface area contributed by atoms with Crippen LogP contribution in [-0.2, 0) is 0 Å². The summed E-state index contributed by atoms with van der Waals surface area (Å²) in [6.07, 6.45) is 0. The highest BCUT2D eigenvalue weighted by Crippen LogP contribution is 2.27. The zero-order valence-corrected chi connectivity index (χ0v) is 14.3. The minimum atomic E-state index is -0.218. The smallest absolute Gasteiger partial charge is 0.257 e. The number of benzene rings is 2. The van der Waals surface area contributed by atoms with E-state index in [1.54, 1.807) is 24.3 Å². The summed E-state index contributed by atoms with van der Waals surface area (Å²) < 4.78 is 5.37. The van der Waals surface area contributed by atoms with Crippen LogP contribution >= 0.6 is 11.3 Å². The van der Waals surface area contributed by atoms with Crippen molar-refractivity contribution in [3.63, 3.8) is 0 Å². The summed E-state index contributed by atoms with van der Waals surface area (Å²) in [6, 6.07) is 15.0. The summed E-state index contributed by atoms with van der Waals surface area (Å²) in [7, 11) is 0. The summed E-state index contributed by atoms with van der Waals surface area (Å²) in [6.45, 7) is 4.54. The highest BCUT2D eigenvalue weighted by atomic mass is 32.1. The molecular weight excluding hydrogens is 322 g/mol. The monoisotopic (exact) mass is 339 g/mol. The SMILES string of the molecule is CCOc1ccc(C(=O)Nc2nnc(-c3cccc(C)c3)s2)cc1. The topological polar surface area (TPSA) is 64.1 Å². The maximum absolute atomic E-state index is 12.3. The fourth-order valence-electron chi connectivity index (χ4n) is 2.21. The van der Waals surface area contributed by atoms with Crippen molar-refractivity contribution >= 4 is 22.4 Å². The first-order chi connectivity index (χ1) is 11.7. The van der Waals surface area contributed by atoms with Crippen molar-refractivity contribution < 1.29 is 9.53 Å². The third-order valence-electron chi connectivity index (χ3n) is 3.34. The maximum atomic E-state index is 12.3. The highest BCUT2D eigenvalue weighted by molar-refractivity contribution is 7.18. The van der Waals surface area contributed by atoms with Gasteiger partial charge in [-0.3, -0.25) is 10.1 Å². The molecule has 1 N–H and O–H groups in total. The van der Waals surface area contributed by atoms with Gasteiger partial charge in [-0.2, -0.15) is 0 Å². The van der Waals surface area contributed by atoms with Crippen molar-refractivity contribution in [2.45, 2.75) is 13.8 Å². The second-order valence-electron chi connectivity index (χ2n) is 5.19. The molecule has 0 aliphatic carbocycles. The predicted octanol–water partition coefficient (Wildman–Crippen LogP) is 4.16. The second kappa shape index (κ2) is 7.23. The Labute approximate surface area is 144 Å². The van der Waals surface area contributed by atoms with E-state index >= 15 is 0 Å². The minimum absolute atomic E-state index is 0.218.